The second-order valence-corrected chi connectivity index (χ2v) is 7.82. The van der Waals surface area contributed by atoms with Gasteiger partial charge in [-0.3, -0.25) is 4.79 Å². The number of carbonyl (C=O) groups excluding carboxylic acids is 2. The molecule has 3 rings (SSSR count). The van der Waals surface area contributed by atoms with E-state index in [1.165, 1.54) is 4.88 Å². The van der Waals surface area contributed by atoms with Crippen molar-refractivity contribution in [1.82, 2.24) is 15.2 Å². The van der Waals surface area contributed by atoms with E-state index in [0.29, 0.717) is 13.0 Å². The average Bonchev–Trinajstić information content (AvgIpc) is 3.24. The van der Waals surface area contributed by atoms with Crippen molar-refractivity contribution in [1.29, 1.82) is 0 Å². The summed E-state index contributed by atoms with van der Waals surface area (Å²) in [6.07, 6.45) is 4.64. The van der Waals surface area contributed by atoms with Crippen LogP contribution in [0.5, 0.6) is 0 Å². The van der Waals surface area contributed by atoms with Gasteiger partial charge >= 0.3 is 6.03 Å². The van der Waals surface area contributed by atoms with Crippen molar-refractivity contribution in [3.05, 3.63) is 15.6 Å². The molecule has 3 amide bonds. The molecule has 0 spiro atoms. The zero-order valence-electron chi connectivity index (χ0n) is 14.8. The minimum atomic E-state index is -0.523. The molecule has 3 unspecified atom stereocenters. The van der Waals surface area contributed by atoms with E-state index in [0.717, 1.165) is 42.8 Å². The van der Waals surface area contributed by atoms with Crippen LogP contribution in [0.4, 0.5) is 4.79 Å². The fourth-order valence-corrected chi connectivity index (χ4v) is 4.73. The van der Waals surface area contributed by atoms with Gasteiger partial charge in [0.15, 0.2) is 0 Å². The molecule has 2 heterocycles. The molecule has 0 aromatic carbocycles. The molecule has 3 N–H and O–H groups in total. The fourth-order valence-electron chi connectivity index (χ4n) is 3.50. The summed E-state index contributed by atoms with van der Waals surface area (Å²) in [4.78, 5) is 31.4. The van der Waals surface area contributed by atoms with Gasteiger partial charge in [-0.25, -0.2) is 9.78 Å². The van der Waals surface area contributed by atoms with Gasteiger partial charge in [-0.15, -0.1) is 11.3 Å². The number of hydrogen-bond acceptors (Lipinski definition) is 5. The standard InChI is InChI=1S/C17H26N4O3S/c1-3-14-20-11-5-4-6-12(15(11)25-14)21(2)17(23)19-9-10-7-8-13(24-10)16(18)22/h10,12-13H,3-9H2,1-2H3,(H2,18,22)(H,19,23). The lowest BCUT2D eigenvalue weighted by atomic mass is 9.97. The van der Waals surface area contributed by atoms with Crippen LogP contribution >= 0.6 is 11.3 Å². The van der Waals surface area contributed by atoms with E-state index in [9.17, 15) is 9.59 Å². The molecule has 3 atom stereocenters. The van der Waals surface area contributed by atoms with Crippen LogP contribution < -0.4 is 11.1 Å². The van der Waals surface area contributed by atoms with E-state index in [2.05, 4.69) is 12.2 Å². The Bertz CT molecular complexity index is 648. The Labute approximate surface area is 151 Å². The lowest BCUT2D eigenvalue weighted by Crippen LogP contribution is -2.43. The number of urea groups is 1. The van der Waals surface area contributed by atoms with Crippen molar-refractivity contribution >= 4 is 23.3 Å². The van der Waals surface area contributed by atoms with Gasteiger partial charge in [0, 0.05) is 13.6 Å². The molecule has 0 saturated carbocycles. The summed E-state index contributed by atoms with van der Waals surface area (Å²) in [7, 11) is 1.84. The number of amides is 3. The maximum Gasteiger partial charge on any atom is 0.317 e. The Morgan fingerprint density at radius 1 is 1.40 bits per heavy atom. The summed E-state index contributed by atoms with van der Waals surface area (Å²) in [6, 6.07) is -0.0279. The molecule has 8 heteroatoms. The number of thiazole rings is 1. The summed E-state index contributed by atoms with van der Waals surface area (Å²) < 4.78 is 5.56. The zero-order chi connectivity index (χ0) is 18.0. The molecule has 1 aliphatic carbocycles. The van der Waals surface area contributed by atoms with E-state index in [1.54, 1.807) is 16.2 Å². The fraction of sp³-hybridized carbons (Fsp3) is 0.706. The van der Waals surface area contributed by atoms with Crippen molar-refractivity contribution in [3.8, 4) is 0 Å². The molecular weight excluding hydrogens is 340 g/mol. The Morgan fingerprint density at radius 3 is 2.88 bits per heavy atom. The highest BCUT2D eigenvalue weighted by Crippen LogP contribution is 2.37. The largest absolute Gasteiger partial charge is 0.367 e. The number of aryl methyl sites for hydroxylation is 2. The lowest BCUT2D eigenvalue weighted by Gasteiger charge is -2.31. The molecule has 138 valence electrons. The SMILES string of the molecule is CCc1nc2c(s1)C(N(C)C(=O)NCC1CCC(C(N)=O)O1)CCC2. The van der Waals surface area contributed by atoms with Gasteiger partial charge < -0.3 is 20.7 Å². The van der Waals surface area contributed by atoms with Crippen LogP contribution in [-0.2, 0) is 22.4 Å². The van der Waals surface area contributed by atoms with E-state index >= 15 is 0 Å². The third-order valence-electron chi connectivity index (χ3n) is 4.96. The quantitative estimate of drug-likeness (QED) is 0.830. The van der Waals surface area contributed by atoms with Gasteiger partial charge in [0.2, 0.25) is 5.91 Å². The predicted octanol–water partition coefficient (Wildman–Crippen LogP) is 1.76. The summed E-state index contributed by atoms with van der Waals surface area (Å²) in [6.45, 7) is 2.51. The zero-order valence-corrected chi connectivity index (χ0v) is 15.6. The number of fused-ring (bicyclic) bond motifs is 1. The van der Waals surface area contributed by atoms with Crippen LogP contribution in [0.15, 0.2) is 0 Å². The molecule has 0 radical (unpaired) electrons. The van der Waals surface area contributed by atoms with Crippen molar-refractivity contribution in [2.75, 3.05) is 13.6 Å². The second-order valence-electron chi connectivity index (χ2n) is 6.70. The number of aromatic nitrogens is 1. The Hall–Kier alpha value is -1.67. The second kappa shape index (κ2) is 7.70. The van der Waals surface area contributed by atoms with E-state index < -0.39 is 12.0 Å². The molecule has 1 fully saturated rings. The van der Waals surface area contributed by atoms with Crippen LogP contribution in [-0.4, -0.2) is 47.6 Å². The van der Waals surface area contributed by atoms with E-state index in [-0.39, 0.29) is 18.2 Å². The van der Waals surface area contributed by atoms with Crippen LogP contribution in [0.2, 0.25) is 0 Å². The lowest BCUT2D eigenvalue weighted by molar-refractivity contribution is -0.128. The minimum absolute atomic E-state index is 0.0874. The van der Waals surface area contributed by atoms with Crippen LogP contribution in [0.3, 0.4) is 0 Å². The molecule has 1 aliphatic heterocycles. The molecule has 7 nitrogen and oxygen atoms in total. The third-order valence-corrected chi connectivity index (χ3v) is 6.30. The predicted molar refractivity (Wildman–Crippen MR) is 95.4 cm³/mol. The van der Waals surface area contributed by atoms with Crippen LogP contribution in [0.25, 0.3) is 0 Å². The summed E-state index contributed by atoms with van der Waals surface area (Å²) in [5.41, 5.74) is 6.41. The molecule has 2 aliphatic rings. The highest BCUT2D eigenvalue weighted by molar-refractivity contribution is 7.11. The molecule has 0 bridgehead atoms. The molecule has 1 aromatic heterocycles. The number of nitrogens with two attached hydrogens (primary N) is 1. The summed E-state index contributed by atoms with van der Waals surface area (Å²) in [5.74, 6) is -0.433. The van der Waals surface area contributed by atoms with Gasteiger partial charge in [-0.1, -0.05) is 6.92 Å². The van der Waals surface area contributed by atoms with Gasteiger partial charge in [-0.2, -0.15) is 0 Å². The van der Waals surface area contributed by atoms with E-state index in [1.807, 2.05) is 7.05 Å². The molecule has 1 saturated heterocycles. The third kappa shape index (κ3) is 3.95. The van der Waals surface area contributed by atoms with Crippen molar-refractivity contribution in [3.63, 3.8) is 0 Å². The van der Waals surface area contributed by atoms with Crippen molar-refractivity contribution in [2.45, 2.75) is 63.7 Å². The number of rotatable bonds is 5. The number of primary amides is 1. The highest BCUT2D eigenvalue weighted by atomic mass is 32.1. The number of ether oxygens (including phenoxy) is 1. The molecule has 1 aromatic rings. The van der Waals surface area contributed by atoms with Crippen molar-refractivity contribution < 1.29 is 14.3 Å². The monoisotopic (exact) mass is 366 g/mol. The molecule has 25 heavy (non-hydrogen) atoms. The average molecular weight is 366 g/mol. The summed E-state index contributed by atoms with van der Waals surface area (Å²) in [5, 5.41) is 4.07. The van der Waals surface area contributed by atoms with Crippen LogP contribution in [0, 0.1) is 0 Å². The molecular formula is C17H26N4O3S. The minimum Gasteiger partial charge on any atom is -0.367 e. The van der Waals surface area contributed by atoms with Crippen LogP contribution in [0.1, 0.15) is 54.2 Å². The maximum absolute atomic E-state index is 12.6. The number of carbonyl (C=O) groups is 2. The first-order valence-corrected chi connectivity index (χ1v) is 9.75. The Morgan fingerprint density at radius 2 is 2.20 bits per heavy atom. The number of hydrogen-bond donors (Lipinski definition) is 2. The van der Waals surface area contributed by atoms with Crippen molar-refractivity contribution in [2.24, 2.45) is 5.73 Å². The normalized spacial score (nSPS) is 25.4. The highest BCUT2D eigenvalue weighted by Gasteiger charge is 2.32. The Kier molecular flexibility index (Phi) is 5.58. The topological polar surface area (TPSA) is 97.5 Å². The van der Waals surface area contributed by atoms with Gasteiger partial charge in [-0.05, 0) is 38.5 Å². The maximum atomic E-state index is 12.6. The van der Waals surface area contributed by atoms with Gasteiger partial charge in [0.25, 0.3) is 0 Å². The number of nitrogens with one attached hydrogen (secondary N) is 1. The van der Waals surface area contributed by atoms with Gasteiger partial charge in [0.05, 0.1) is 27.7 Å². The smallest absolute Gasteiger partial charge is 0.317 e. The summed E-state index contributed by atoms with van der Waals surface area (Å²) >= 11 is 1.73. The van der Waals surface area contributed by atoms with Gasteiger partial charge in [0.1, 0.15) is 6.10 Å². The number of nitrogens with zero attached hydrogens (tertiary/aromatic N) is 2. The Balaban J connectivity index is 1.56. The first kappa shape index (κ1) is 18.1. The first-order chi connectivity index (χ1) is 12.0. The first-order valence-electron chi connectivity index (χ1n) is 8.93. The van der Waals surface area contributed by atoms with E-state index in [4.69, 9.17) is 15.5 Å².